The molecule has 23 heteroatoms. The number of ketones is 4. The molecule has 9 rings (SSSR count). The van der Waals surface area contributed by atoms with Crippen LogP contribution < -0.4 is 0 Å². The number of allylic oxidation sites excluding steroid dienone is 7. The van der Waals surface area contributed by atoms with Crippen molar-refractivity contribution in [2.45, 2.75) is 257 Å². The summed E-state index contributed by atoms with van der Waals surface area (Å²) in [5.41, 5.74) is 0.504. The van der Waals surface area contributed by atoms with Crippen molar-refractivity contribution < 1.29 is 105 Å². The molecule has 2 N–H and O–H groups in total. The highest BCUT2D eigenvalue weighted by Gasteiger charge is 2.65. The number of methoxy groups -OCH3 is 3. The van der Waals surface area contributed by atoms with Crippen LogP contribution in [0.2, 0.25) is 0 Å². The number of furan rings is 1. The molecule has 4 aliphatic carbocycles. The molecule has 1 aromatic rings. The highest BCUT2D eigenvalue weighted by molar-refractivity contribution is 6.39. The van der Waals surface area contributed by atoms with Gasteiger partial charge in [-0.25, -0.2) is 9.59 Å². The number of nitrogens with zero attached hydrogens (tertiary/aromatic N) is 1. The molecule has 0 spiro atoms. The fourth-order valence-electron chi connectivity index (χ4n) is 17.3. The maximum Gasteiger partial charge on any atom is 0.342 e. The van der Waals surface area contributed by atoms with Crippen LogP contribution in [-0.4, -0.2) is 175 Å². The molecule has 1 amide bonds. The van der Waals surface area contributed by atoms with Crippen molar-refractivity contribution in [1.29, 1.82) is 0 Å². The standard InChI is InChI=1S/C77H105NO22/c1-41-19-15-14-16-20-42(2)56(92-12)36-51-25-22-47(7)77(90,100-51)71(86)72(87)78-32-18-17-21-54(78)74(89)97-57(37-55(80)43(3)34-46(6)67(84)70(93-13)66(83)45(5)33-41)44(4)35-49-23-26-50(27-24-49)96-61(81)30-31-62(82)98-59-29-28-53-63-65(58(95-48(8)79)38-75(53,59)9)76(10)60(40-91-11)99-73(88)52-39-94-69(64(52)76)68(63)85/h14-16,19-20,34,39,41,43-45,47,49-51,53-54,56-60,67,70,84,90H,17-18,21-33,35-38,40H2,1-13H3/b16-14+,19-15+,42-20+,46-34+/t41-,43-,44-,45-,47-,49?,50?,51+,53?,54?,56+,57+,58-,59+,60-,67-,70+,75+,76+,77-/m1/s1. The first kappa shape index (κ1) is 77.4. The normalized spacial score (nSPS) is 37.9. The topological polar surface area (TPSA) is 311 Å². The lowest BCUT2D eigenvalue weighted by atomic mass is 9.54. The molecule has 4 fully saturated rings. The van der Waals surface area contributed by atoms with Crippen molar-refractivity contribution in [3.8, 4) is 0 Å². The van der Waals surface area contributed by atoms with Gasteiger partial charge in [-0.05, 0) is 151 Å². The molecular formula is C77H105NO22. The molecule has 4 aliphatic heterocycles. The number of amides is 1. The summed E-state index contributed by atoms with van der Waals surface area (Å²) in [4.78, 5) is 141. The SMILES string of the molecule is COC[C@H]1OC(=O)c2coc3c2[C@@]1(C)C1=C(C3=O)C2CC[C@H](OC(=O)CCC(=O)OC3CCC(C[C@@H](C)[C@@H]4CC(=O)[C@H](C)/C=C(\C)[C@@H](O)[C@@H](OC)C(=O)[C@H](C)C[C@H](C)/C=C/C=C/C=C(\C)[C@@H](OC)C[C@@H]5CC[C@@H](C)[C@@](O)(O5)C(=O)C(=O)N5CCCCC5C(=O)O4)CC3)[C@@]2(C)C[C@H]1OC(C)=O. The number of carbonyl (C=O) groups excluding carboxylic acids is 10. The minimum absolute atomic E-state index is 0.00536. The van der Waals surface area contributed by atoms with Gasteiger partial charge in [-0.3, -0.25) is 38.4 Å². The van der Waals surface area contributed by atoms with E-state index in [-0.39, 0.29) is 86.4 Å². The lowest BCUT2D eigenvalue weighted by Crippen LogP contribution is -2.61. The van der Waals surface area contributed by atoms with E-state index >= 15 is 0 Å². The maximum atomic E-state index is 14.7. The van der Waals surface area contributed by atoms with Gasteiger partial charge in [0.25, 0.3) is 11.7 Å². The highest BCUT2D eigenvalue weighted by atomic mass is 16.6. The zero-order valence-corrected chi connectivity index (χ0v) is 60.5. The van der Waals surface area contributed by atoms with E-state index in [1.165, 1.54) is 27.4 Å². The minimum atomic E-state index is -2.49. The van der Waals surface area contributed by atoms with Crippen molar-refractivity contribution in [3.05, 3.63) is 81.9 Å². The molecule has 2 saturated carbocycles. The molecule has 2 bridgehead atoms. The van der Waals surface area contributed by atoms with E-state index in [9.17, 15) is 58.2 Å². The molecule has 0 radical (unpaired) electrons. The van der Waals surface area contributed by atoms with Crippen LogP contribution in [0.4, 0.5) is 0 Å². The van der Waals surface area contributed by atoms with E-state index in [2.05, 4.69) is 0 Å². The summed E-state index contributed by atoms with van der Waals surface area (Å²) >= 11 is 0. The Morgan fingerprint density at radius 2 is 1.50 bits per heavy atom. The Morgan fingerprint density at radius 1 is 0.790 bits per heavy atom. The zero-order chi connectivity index (χ0) is 72.9. The second-order valence-corrected chi connectivity index (χ2v) is 30.2. The summed E-state index contributed by atoms with van der Waals surface area (Å²) < 4.78 is 59.5. The molecule has 2 saturated heterocycles. The maximum absolute atomic E-state index is 14.7. The fraction of sp³-hybridized carbons (Fsp3) is 0.688. The van der Waals surface area contributed by atoms with Crippen LogP contribution in [-0.2, 0) is 86.4 Å². The smallest absolute Gasteiger partial charge is 0.342 e. The van der Waals surface area contributed by atoms with Crippen LogP contribution >= 0.6 is 0 Å². The summed E-state index contributed by atoms with van der Waals surface area (Å²) in [6.45, 7) is 17.5. The van der Waals surface area contributed by atoms with Crippen molar-refractivity contribution >= 4 is 58.9 Å². The number of rotatable bonds is 13. The number of aliphatic hydroxyl groups is 2. The number of piperidine rings is 1. The van der Waals surface area contributed by atoms with Crippen LogP contribution in [0.15, 0.2) is 69.4 Å². The monoisotopic (exact) mass is 1400 g/mol. The number of hydrogen-bond donors (Lipinski definition) is 2. The second-order valence-electron chi connectivity index (χ2n) is 30.2. The van der Waals surface area contributed by atoms with Gasteiger partial charge in [0, 0.05) is 81.9 Å². The first-order valence-electron chi connectivity index (χ1n) is 36.0. The number of aliphatic hydroxyl groups excluding tert-OH is 1. The molecule has 2 unspecified atom stereocenters. The van der Waals surface area contributed by atoms with Gasteiger partial charge in [0.1, 0.15) is 66.4 Å². The van der Waals surface area contributed by atoms with E-state index in [0.29, 0.717) is 99.3 Å². The molecule has 550 valence electrons. The van der Waals surface area contributed by atoms with E-state index in [1.807, 2.05) is 65.0 Å². The largest absolute Gasteiger partial charge is 0.462 e. The lowest BCUT2D eigenvalue weighted by molar-refractivity contribution is -0.265. The average molecular weight is 1400 g/mol. The number of carbonyl (C=O) groups is 10. The molecule has 23 nitrogen and oxygen atoms in total. The van der Waals surface area contributed by atoms with Gasteiger partial charge in [-0.15, -0.1) is 0 Å². The molecule has 18 atom stereocenters. The van der Waals surface area contributed by atoms with Crippen molar-refractivity contribution in [2.24, 2.45) is 46.8 Å². The summed E-state index contributed by atoms with van der Waals surface area (Å²) in [6, 6.07) is -1.22. The molecule has 5 heterocycles. The quantitative estimate of drug-likeness (QED) is 0.0803. The molecule has 100 heavy (non-hydrogen) atoms. The first-order chi connectivity index (χ1) is 47.4. The predicted molar refractivity (Wildman–Crippen MR) is 361 cm³/mol. The zero-order valence-electron chi connectivity index (χ0n) is 60.5. The summed E-state index contributed by atoms with van der Waals surface area (Å²) in [7, 11) is 4.39. The Balaban J connectivity index is 0.856. The average Bonchev–Trinajstić information content (AvgIpc) is 1.37. The van der Waals surface area contributed by atoms with Crippen LogP contribution in [0.25, 0.3) is 0 Å². The number of fused-ring (bicyclic) bond motifs is 6. The number of Topliss-reactive ketones (excluding diaryl/α,β-unsaturated/α-hetero) is 4. The van der Waals surface area contributed by atoms with Crippen LogP contribution in [0.5, 0.6) is 0 Å². The lowest BCUT2D eigenvalue weighted by Gasteiger charge is -2.52. The van der Waals surface area contributed by atoms with Gasteiger partial charge in [0.2, 0.25) is 11.6 Å². The van der Waals surface area contributed by atoms with Gasteiger partial charge in [-0.1, -0.05) is 78.0 Å². The van der Waals surface area contributed by atoms with E-state index in [1.54, 1.807) is 40.9 Å². The third kappa shape index (κ3) is 16.3. The summed E-state index contributed by atoms with van der Waals surface area (Å²) in [6.07, 6.45) is 10.1. The van der Waals surface area contributed by atoms with Crippen LogP contribution in [0.3, 0.4) is 0 Å². The second kappa shape index (κ2) is 32.7. The Bertz CT molecular complexity index is 3420. The number of cyclic esters (lactones) is 2. The Kier molecular flexibility index (Phi) is 25.3. The summed E-state index contributed by atoms with van der Waals surface area (Å²) in [5, 5.41) is 23.8. The van der Waals surface area contributed by atoms with E-state index in [0.717, 1.165) is 10.5 Å². The predicted octanol–water partition coefficient (Wildman–Crippen LogP) is 9.78. The van der Waals surface area contributed by atoms with E-state index in [4.69, 9.17) is 47.0 Å². The van der Waals surface area contributed by atoms with Gasteiger partial charge >= 0.3 is 29.8 Å². The summed E-state index contributed by atoms with van der Waals surface area (Å²) in [5.74, 6) is -12.1. The Morgan fingerprint density at radius 3 is 2.18 bits per heavy atom. The molecule has 0 aromatic carbocycles. The Labute approximate surface area is 586 Å². The first-order valence-corrected chi connectivity index (χ1v) is 36.0. The van der Waals surface area contributed by atoms with Gasteiger partial charge in [0.05, 0.1) is 37.1 Å². The molecule has 1 aromatic heterocycles. The van der Waals surface area contributed by atoms with Gasteiger partial charge < -0.3 is 62.2 Å². The fourth-order valence-corrected chi connectivity index (χ4v) is 17.3. The minimum Gasteiger partial charge on any atom is -0.462 e. The van der Waals surface area contributed by atoms with Crippen molar-refractivity contribution in [2.75, 3.05) is 34.5 Å². The number of hydrogen-bond acceptors (Lipinski definition) is 22. The van der Waals surface area contributed by atoms with Gasteiger partial charge in [0.15, 0.2) is 11.5 Å². The highest BCUT2D eigenvalue weighted by Crippen LogP contribution is 2.63. The van der Waals surface area contributed by atoms with Crippen molar-refractivity contribution in [3.63, 3.8) is 0 Å². The number of ether oxygens (including phenoxy) is 9. The van der Waals surface area contributed by atoms with Gasteiger partial charge in [-0.2, -0.15) is 0 Å². The van der Waals surface area contributed by atoms with E-state index < -0.39 is 155 Å². The molecule has 8 aliphatic rings. The van der Waals surface area contributed by atoms with Crippen LogP contribution in [0, 0.1) is 46.8 Å². The van der Waals surface area contributed by atoms with Crippen LogP contribution in [0.1, 0.15) is 211 Å². The third-order valence-corrected chi connectivity index (χ3v) is 23.1. The third-order valence-electron chi connectivity index (χ3n) is 23.1. The number of esters is 5. The molecular weight excluding hydrogens is 1290 g/mol. The van der Waals surface area contributed by atoms with Crippen molar-refractivity contribution in [1.82, 2.24) is 4.90 Å². The Hall–Kier alpha value is -6.76.